The number of amides is 2. The summed E-state index contributed by atoms with van der Waals surface area (Å²) >= 11 is 0. The van der Waals surface area contributed by atoms with Crippen molar-refractivity contribution >= 4 is 28.4 Å². The maximum absolute atomic E-state index is 13.1. The number of aromatic amines is 1. The molecule has 0 saturated carbocycles. The van der Waals surface area contributed by atoms with E-state index in [-0.39, 0.29) is 11.8 Å². The van der Waals surface area contributed by atoms with Crippen LogP contribution in [0.1, 0.15) is 41.6 Å². The Morgan fingerprint density at radius 2 is 1.64 bits per heavy atom. The number of likely N-dealkylation sites (tertiary alicyclic amines) is 1. The van der Waals surface area contributed by atoms with Crippen LogP contribution in [0.25, 0.3) is 22.2 Å². The van der Waals surface area contributed by atoms with Crippen LogP contribution in [0.5, 0.6) is 5.75 Å². The number of rotatable bonds is 7. The standard InChI is InChI=1S/C30H31N3O3/c1-36-22-15-13-21(14-16-22)29-24(23-9-3-5-11-26(23)32-29)17-18-28(34)31-27-12-6-4-10-25(27)30(35)33-19-7-2-8-20-33/h3-6,9-16,32H,2,7-8,17-20H2,1H3,(H,31,34). The number of aromatic nitrogens is 1. The number of hydrogen-bond acceptors (Lipinski definition) is 3. The lowest BCUT2D eigenvalue weighted by molar-refractivity contribution is -0.116. The van der Waals surface area contributed by atoms with Crippen LogP contribution >= 0.6 is 0 Å². The van der Waals surface area contributed by atoms with E-state index in [9.17, 15) is 9.59 Å². The Bertz CT molecular complexity index is 1370. The van der Waals surface area contributed by atoms with E-state index >= 15 is 0 Å². The molecule has 2 heterocycles. The van der Waals surface area contributed by atoms with Crippen LogP contribution in [-0.4, -0.2) is 41.9 Å². The van der Waals surface area contributed by atoms with Gasteiger partial charge in [0.1, 0.15) is 5.75 Å². The van der Waals surface area contributed by atoms with Gasteiger partial charge in [0.15, 0.2) is 0 Å². The van der Waals surface area contributed by atoms with Gasteiger partial charge in [-0.2, -0.15) is 0 Å². The molecular formula is C30H31N3O3. The van der Waals surface area contributed by atoms with Crippen molar-refractivity contribution in [2.24, 2.45) is 0 Å². The van der Waals surface area contributed by atoms with E-state index in [2.05, 4.69) is 16.4 Å². The second kappa shape index (κ2) is 10.7. The molecule has 1 aliphatic heterocycles. The van der Waals surface area contributed by atoms with E-state index in [1.807, 2.05) is 65.6 Å². The lowest BCUT2D eigenvalue weighted by atomic mass is 10.0. The molecule has 1 fully saturated rings. The Labute approximate surface area is 211 Å². The molecule has 5 rings (SSSR count). The number of benzene rings is 3. The second-order valence-electron chi connectivity index (χ2n) is 9.20. The predicted octanol–water partition coefficient (Wildman–Crippen LogP) is 6.04. The molecule has 6 heteroatoms. The van der Waals surface area contributed by atoms with Gasteiger partial charge in [-0.05, 0) is 79.3 Å². The quantitative estimate of drug-likeness (QED) is 0.338. The number of nitrogens with one attached hydrogen (secondary N) is 2. The number of piperidine rings is 1. The van der Waals surface area contributed by atoms with Crippen LogP contribution in [0.4, 0.5) is 5.69 Å². The van der Waals surface area contributed by atoms with Gasteiger partial charge in [0.05, 0.1) is 18.4 Å². The first-order valence-electron chi connectivity index (χ1n) is 12.6. The monoisotopic (exact) mass is 481 g/mol. The number of carbonyl (C=O) groups is 2. The Kier molecular flexibility index (Phi) is 7.03. The van der Waals surface area contributed by atoms with Gasteiger partial charge in [0, 0.05) is 36.1 Å². The van der Waals surface area contributed by atoms with Crippen molar-refractivity contribution < 1.29 is 14.3 Å². The highest BCUT2D eigenvalue weighted by molar-refractivity contribution is 6.04. The minimum atomic E-state index is -0.111. The summed E-state index contributed by atoms with van der Waals surface area (Å²) < 4.78 is 5.30. The summed E-state index contributed by atoms with van der Waals surface area (Å²) in [6.45, 7) is 1.55. The molecule has 2 N–H and O–H groups in total. The van der Waals surface area contributed by atoms with Gasteiger partial charge in [-0.25, -0.2) is 0 Å². The number of aryl methyl sites for hydroxylation is 1. The van der Waals surface area contributed by atoms with Gasteiger partial charge in [-0.15, -0.1) is 0 Å². The van der Waals surface area contributed by atoms with Crippen LogP contribution in [-0.2, 0) is 11.2 Å². The third-order valence-electron chi connectivity index (χ3n) is 6.87. The van der Waals surface area contributed by atoms with Gasteiger partial charge >= 0.3 is 0 Å². The molecule has 4 aromatic rings. The number of ether oxygens (including phenoxy) is 1. The molecule has 0 unspecified atom stereocenters. The number of anilines is 1. The molecule has 1 aliphatic rings. The highest BCUT2D eigenvalue weighted by Gasteiger charge is 2.21. The zero-order valence-corrected chi connectivity index (χ0v) is 20.5. The van der Waals surface area contributed by atoms with E-state index < -0.39 is 0 Å². The van der Waals surface area contributed by atoms with Crippen LogP contribution in [0.15, 0.2) is 72.8 Å². The molecule has 1 saturated heterocycles. The summed E-state index contributed by atoms with van der Waals surface area (Å²) in [6.07, 6.45) is 4.09. The molecule has 0 radical (unpaired) electrons. The average molecular weight is 482 g/mol. The molecule has 0 aliphatic carbocycles. The molecular weight excluding hydrogens is 450 g/mol. The maximum atomic E-state index is 13.1. The summed E-state index contributed by atoms with van der Waals surface area (Å²) in [5, 5.41) is 4.11. The van der Waals surface area contributed by atoms with Crippen LogP contribution in [0.3, 0.4) is 0 Å². The highest BCUT2D eigenvalue weighted by atomic mass is 16.5. The third-order valence-corrected chi connectivity index (χ3v) is 6.87. The number of fused-ring (bicyclic) bond motifs is 1. The summed E-state index contributed by atoms with van der Waals surface area (Å²) in [4.78, 5) is 31.6. The van der Waals surface area contributed by atoms with E-state index in [4.69, 9.17) is 4.74 Å². The Hall–Kier alpha value is -4.06. The minimum Gasteiger partial charge on any atom is -0.497 e. The zero-order chi connectivity index (χ0) is 24.9. The van der Waals surface area contributed by atoms with Crippen LogP contribution in [0, 0.1) is 0 Å². The van der Waals surface area contributed by atoms with Gasteiger partial charge in [0.2, 0.25) is 5.91 Å². The predicted molar refractivity (Wildman–Crippen MR) is 143 cm³/mol. The Balaban J connectivity index is 1.34. The summed E-state index contributed by atoms with van der Waals surface area (Å²) in [6, 6.07) is 23.4. The van der Waals surface area contributed by atoms with Gasteiger partial charge in [-0.3, -0.25) is 9.59 Å². The number of para-hydroxylation sites is 2. The molecule has 0 bridgehead atoms. The number of nitrogens with zero attached hydrogens (tertiary/aromatic N) is 1. The zero-order valence-electron chi connectivity index (χ0n) is 20.5. The Morgan fingerprint density at radius 1 is 0.917 bits per heavy atom. The van der Waals surface area contributed by atoms with Gasteiger partial charge in [0.25, 0.3) is 5.91 Å². The number of methoxy groups -OCH3 is 1. The first kappa shape index (κ1) is 23.7. The largest absolute Gasteiger partial charge is 0.497 e. The Morgan fingerprint density at radius 3 is 2.42 bits per heavy atom. The van der Waals surface area contributed by atoms with E-state index in [0.29, 0.717) is 24.1 Å². The maximum Gasteiger partial charge on any atom is 0.255 e. The summed E-state index contributed by atoms with van der Waals surface area (Å²) in [5.74, 6) is 0.678. The lowest BCUT2D eigenvalue weighted by Gasteiger charge is -2.27. The molecule has 2 amide bonds. The third kappa shape index (κ3) is 4.98. The molecule has 184 valence electrons. The van der Waals surface area contributed by atoms with Crippen molar-refractivity contribution in [3.05, 3.63) is 83.9 Å². The topological polar surface area (TPSA) is 74.4 Å². The molecule has 0 atom stereocenters. The fraction of sp³-hybridized carbons (Fsp3) is 0.267. The highest BCUT2D eigenvalue weighted by Crippen LogP contribution is 2.32. The first-order valence-corrected chi connectivity index (χ1v) is 12.6. The smallest absolute Gasteiger partial charge is 0.255 e. The van der Waals surface area contributed by atoms with Crippen LogP contribution < -0.4 is 10.1 Å². The molecule has 1 aromatic heterocycles. The summed E-state index contributed by atoms with van der Waals surface area (Å²) in [5.41, 5.74) is 5.32. The molecule has 3 aromatic carbocycles. The van der Waals surface area contributed by atoms with Crippen molar-refractivity contribution in [2.45, 2.75) is 32.1 Å². The average Bonchev–Trinajstić information content (AvgIpc) is 3.31. The van der Waals surface area contributed by atoms with Crippen molar-refractivity contribution in [3.8, 4) is 17.0 Å². The number of H-pyrrole nitrogens is 1. The van der Waals surface area contributed by atoms with Crippen molar-refractivity contribution in [1.82, 2.24) is 9.88 Å². The van der Waals surface area contributed by atoms with Crippen molar-refractivity contribution in [3.63, 3.8) is 0 Å². The fourth-order valence-electron chi connectivity index (χ4n) is 4.96. The van der Waals surface area contributed by atoms with Crippen molar-refractivity contribution in [2.75, 3.05) is 25.5 Å². The summed E-state index contributed by atoms with van der Waals surface area (Å²) in [7, 11) is 1.65. The van der Waals surface area contributed by atoms with Crippen LogP contribution in [0.2, 0.25) is 0 Å². The number of carbonyl (C=O) groups excluding carboxylic acids is 2. The normalized spacial score (nSPS) is 13.5. The second-order valence-corrected chi connectivity index (χ2v) is 9.20. The van der Waals surface area contributed by atoms with Crippen molar-refractivity contribution in [1.29, 1.82) is 0 Å². The first-order chi connectivity index (χ1) is 17.6. The fourth-order valence-corrected chi connectivity index (χ4v) is 4.96. The number of hydrogen-bond donors (Lipinski definition) is 2. The molecule has 36 heavy (non-hydrogen) atoms. The van der Waals surface area contributed by atoms with E-state index in [0.717, 1.165) is 65.8 Å². The van der Waals surface area contributed by atoms with E-state index in [1.165, 1.54) is 0 Å². The SMILES string of the molecule is COc1ccc(-c2[nH]c3ccccc3c2CCC(=O)Nc2ccccc2C(=O)N2CCCCC2)cc1. The molecule has 0 spiro atoms. The minimum absolute atomic E-state index is 0.0102. The van der Waals surface area contributed by atoms with Gasteiger partial charge in [-0.1, -0.05) is 30.3 Å². The van der Waals surface area contributed by atoms with Gasteiger partial charge < -0.3 is 19.9 Å². The van der Waals surface area contributed by atoms with E-state index in [1.54, 1.807) is 13.2 Å². The lowest BCUT2D eigenvalue weighted by Crippen LogP contribution is -2.36. The molecule has 6 nitrogen and oxygen atoms in total.